The molecule has 1 aromatic heterocycles. The summed E-state index contributed by atoms with van der Waals surface area (Å²) in [6, 6.07) is 9.46. The summed E-state index contributed by atoms with van der Waals surface area (Å²) in [6.45, 7) is 1.75. The zero-order chi connectivity index (χ0) is 29.8. The third kappa shape index (κ3) is 4.56. The maximum atomic E-state index is 13.5. The SMILES string of the molecule is COC(=O)[C@H]1[C@H]2C[C@@H]3c4[nH]c5cc(OC)ccc5c4CCN3C[C@H]2C[C@@H](OC(=O)c2cc(OC)c3c(c2)OCO3)[C@@H]1OC. The summed E-state index contributed by atoms with van der Waals surface area (Å²) >= 11 is 0. The number of esters is 2. The van der Waals surface area contributed by atoms with E-state index in [1.165, 1.54) is 30.9 Å². The number of carbonyl (C=O) groups excluding carboxylic acids is 2. The van der Waals surface area contributed by atoms with E-state index < -0.39 is 24.1 Å². The van der Waals surface area contributed by atoms with Gasteiger partial charge in [0.15, 0.2) is 11.5 Å². The Morgan fingerprint density at radius 2 is 1.88 bits per heavy atom. The highest BCUT2D eigenvalue weighted by Gasteiger charge is 2.54. The van der Waals surface area contributed by atoms with Gasteiger partial charge in [0.2, 0.25) is 12.5 Å². The van der Waals surface area contributed by atoms with Crippen molar-refractivity contribution in [3.05, 3.63) is 47.2 Å². The Bertz CT molecular complexity index is 1570. The molecule has 0 spiro atoms. The van der Waals surface area contributed by atoms with Crippen molar-refractivity contribution >= 4 is 22.8 Å². The topological polar surface area (TPSA) is 118 Å². The lowest BCUT2D eigenvalue weighted by Crippen LogP contribution is -2.58. The Labute approximate surface area is 249 Å². The molecule has 3 aliphatic heterocycles. The molecule has 1 saturated carbocycles. The van der Waals surface area contributed by atoms with Crippen LogP contribution in [0, 0.1) is 17.8 Å². The Morgan fingerprint density at radius 1 is 1.02 bits per heavy atom. The molecular formula is C32H36N2O9. The summed E-state index contributed by atoms with van der Waals surface area (Å²) in [6.07, 6.45) is 0.971. The highest BCUT2D eigenvalue weighted by molar-refractivity contribution is 5.91. The van der Waals surface area contributed by atoms with E-state index in [0.29, 0.717) is 23.7 Å². The van der Waals surface area contributed by atoms with Gasteiger partial charge in [-0.25, -0.2) is 4.79 Å². The van der Waals surface area contributed by atoms with Crippen molar-refractivity contribution in [1.29, 1.82) is 0 Å². The van der Waals surface area contributed by atoms with E-state index >= 15 is 0 Å². The molecule has 11 nitrogen and oxygen atoms in total. The number of nitrogens with zero attached hydrogens (tertiary/aromatic N) is 1. The van der Waals surface area contributed by atoms with Gasteiger partial charge < -0.3 is 38.1 Å². The van der Waals surface area contributed by atoms with Crippen LogP contribution in [0.1, 0.15) is 40.5 Å². The second-order valence-corrected chi connectivity index (χ2v) is 11.7. The fourth-order valence-corrected chi connectivity index (χ4v) is 7.81. The van der Waals surface area contributed by atoms with Crippen molar-refractivity contribution in [2.45, 2.75) is 37.5 Å². The predicted octanol–water partition coefficient (Wildman–Crippen LogP) is 3.88. The molecule has 4 heterocycles. The van der Waals surface area contributed by atoms with E-state index in [2.05, 4.69) is 16.0 Å². The molecule has 1 saturated heterocycles. The molecule has 7 rings (SSSR count). The number of H-pyrrole nitrogens is 1. The number of aromatic nitrogens is 1. The Kier molecular flexibility index (Phi) is 7.09. The Morgan fingerprint density at radius 3 is 2.65 bits per heavy atom. The molecule has 11 heteroatoms. The van der Waals surface area contributed by atoms with Crippen LogP contribution in [0.3, 0.4) is 0 Å². The summed E-state index contributed by atoms with van der Waals surface area (Å²) in [5.74, 6) is 0.697. The molecule has 1 aliphatic carbocycles. The fraction of sp³-hybridized carbons (Fsp3) is 0.500. The van der Waals surface area contributed by atoms with Crippen LogP contribution in [0.15, 0.2) is 30.3 Å². The number of methoxy groups -OCH3 is 4. The van der Waals surface area contributed by atoms with Gasteiger partial charge in [-0.3, -0.25) is 9.69 Å². The lowest BCUT2D eigenvalue weighted by molar-refractivity contribution is -0.176. The minimum Gasteiger partial charge on any atom is -0.497 e. The molecule has 6 atom stereocenters. The maximum Gasteiger partial charge on any atom is 0.338 e. The van der Waals surface area contributed by atoms with Crippen molar-refractivity contribution in [2.24, 2.45) is 17.8 Å². The number of hydrogen-bond acceptors (Lipinski definition) is 10. The maximum absolute atomic E-state index is 13.5. The van der Waals surface area contributed by atoms with Crippen molar-refractivity contribution in [2.75, 3.05) is 48.3 Å². The highest BCUT2D eigenvalue weighted by atomic mass is 16.7. The first-order valence-corrected chi connectivity index (χ1v) is 14.7. The number of piperidine rings is 1. The summed E-state index contributed by atoms with van der Waals surface area (Å²) in [4.78, 5) is 33.1. The molecular weight excluding hydrogens is 556 g/mol. The number of rotatable bonds is 6. The number of benzene rings is 2. The van der Waals surface area contributed by atoms with Gasteiger partial charge in [-0.1, -0.05) is 0 Å². The molecule has 0 unspecified atom stereocenters. The molecule has 1 N–H and O–H groups in total. The van der Waals surface area contributed by atoms with Gasteiger partial charge in [-0.2, -0.15) is 0 Å². The molecule has 228 valence electrons. The van der Waals surface area contributed by atoms with E-state index in [4.69, 9.17) is 33.2 Å². The molecule has 4 aliphatic rings. The number of ether oxygens (including phenoxy) is 7. The first-order valence-electron chi connectivity index (χ1n) is 14.7. The third-order valence-electron chi connectivity index (χ3n) is 9.75. The van der Waals surface area contributed by atoms with Gasteiger partial charge in [0, 0.05) is 42.9 Å². The van der Waals surface area contributed by atoms with Crippen LogP contribution in [0.4, 0.5) is 0 Å². The number of hydrogen-bond donors (Lipinski definition) is 1. The second-order valence-electron chi connectivity index (χ2n) is 11.7. The predicted molar refractivity (Wildman–Crippen MR) is 154 cm³/mol. The summed E-state index contributed by atoms with van der Waals surface area (Å²) < 4.78 is 39.2. The molecule has 0 bridgehead atoms. The van der Waals surface area contributed by atoms with Gasteiger partial charge in [0.1, 0.15) is 18.0 Å². The average Bonchev–Trinajstić information content (AvgIpc) is 3.66. The quantitative estimate of drug-likeness (QED) is 0.423. The molecule has 0 radical (unpaired) electrons. The summed E-state index contributed by atoms with van der Waals surface area (Å²) in [5.41, 5.74) is 3.87. The minimum absolute atomic E-state index is 0.00821. The highest BCUT2D eigenvalue weighted by Crippen LogP contribution is 2.51. The smallest absolute Gasteiger partial charge is 0.338 e. The summed E-state index contributed by atoms with van der Waals surface area (Å²) in [7, 11) is 6.13. The van der Waals surface area contributed by atoms with Crippen LogP contribution in [0.25, 0.3) is 10.9 Å². The van der Waals surface area contributed by atoms with Crippen LogP contribution < -0.4 is 18.9 Å². The zero-order valence-electron chi connectivity index (χ0n) is 24.7. The molecule has 2 fully saturated rings. The van der Waals surface area contributed by atoms with Gasteiger partial charge in [0.05, 0.1) is 38.9 Å². The van der Waals surface area contributed by atoms with E-state index in [1.807, 2.05) is 12.1 Å². The van der Waals surface area contributed by atoms with Gasteiger partial charge in [0.25, 0.3) is 0 Å². The largest absolute Gasteiger partial charge is 0.497 e. The van der Waals surface area contributed by atoms with Crippen LogP contribution >= 0.6 is 0 Å². The number of fused-ring (bicyclic) bond motifs is 7. The van der Waals surface area contributed by atoms with Crippen molar-refractivity contribution in [3.63, 3.8) is 0 Å². The number of aromatic amines is 1. The standard InChI is InChI=1S/C32H36N2O9/c1-37-18-5-6-19-20-7-8-34-14-17-11-26(43-31(35)16-9-24(38-2)29-25(10-16)41-15-42-29)30(39-3)27(32(36)40-4)21(17)13-23(34)28(20)33-22(19)12-18/h5-6,9-10,12,17,21,23,26-27,30,33H,7-8,11,13-15H2,1-4H3/t17-,21+,23-,26-,27+,30+/m1/s1. The van der Waals surface area contributed by atoms with E-state index in [-0.39, 0.29) is 36.2 Å². The van der Waals surface area contributed by atoms with Crippen LogP contribution in [-0.2, 0) is 25.4 Å². The van der Waals surface area contributed by atoms with Crippen LogP contribution in [-0.4, -0.2) is 82.4 Å². The van der Waals surface area contributed by atoms with Gasteiger partial charge >= 0.3 is 11.9 Å². The first kappa shape index (κ1) is 27.8. The van der Waals surface area contributed by atoms with E-state index in [9.17, 15) is 9.59 Å². The molecule has 3 aromatic rings. The normalized spacial score (nSPS) is 27.5. The van der Waals surface area contributed by atoms with E-state index in [0.717, 1.165) is 37.2 Å². The van der Waals surface area contributed by atoms with Crippen molar-refractivity contribution in [1.82, 2.24) is 9.88 Å². The molecule has 2 aromatic carbocycles. The number of carbonyl (C=O) groups is 2. The van der Waals surface area contributed by atoms with Crippen molar-refractivity contribution in [3.8, 4) is 23.0 Å². The summed E-state index contributed by atoms with van der Waals surface area (Å²) in [5, 5.41) is 1.22. The minimum atomic E-state index is -0.657. The van der Waals surface area contributed by atoms with Gasteiger partial charge in [-0.05, 0) is 60.9 Å². The van der Waals surface area contributed by atoms with Crippen molar-refractivity contribution < 1.29 is 42.7 Å². The Balaban J connectivity index is 1.18. The van der Waals surface area contributed by atoms with Crippen LogP contribution in [0.2, 0.25) is 0 Å². The lowest BCUT2D eigenvalue weighted by atomic mass is 9.63. The first-order chi connectivity index (χ1) is 20.9. The third-order valence-corrected chi connectivity index (χ3v) is 9.75. The molecule has 43 heavy (non-hydrogen) atoms. The lowest BCUT2D eigenvalue weighted by Gasteiger charge is -2.52. The number of nitrogens with one attached hydrogen (secondary N) is 1. The monoisotopic (exact) mass is 592 g/mol. The van der Waals surface area contributed by atoms with E-state index in [1.54, 1.807) is 26.4 Å². The van der Waals surface area contributed by atoms with Gasteiger partial charge in [-0.15, -0.1) is 0 Å². The average molecular weight is 593 g/mol. The molecule has 0 amide bonds. The van der Waals surface area contributed by atoms with Crippen LogP contribution in [0.5, 0.6) is 23.0 Å². The second kappa shape index (κ2) is 10.9. The Hall–Kier alpha value is -3.96. The fourth-order valence-electron chi connectivity index (χ4n) is 7.81. The zero-order valence-corrected chi connectivity index (χ0v) is 24.7.